The van der Waals surface area contributed by atoms with Crippen LogP contribution in [0, 0.1) is 10.1 Å². The molecule has 0 fully saturated rings. The van der Waals surface area contributed by atoms with Gasteiger partial charge in [-0.05, 0) is 29.0 Å². The molecule has 0 bridgehead atoms. The Balaban J connectivity index is 1.73. The van der Waals surface area contributed by atoms with Gasteiger partial charge in [0.2, 0.25) is 0 Å². The lowest BCUT2D eigenvalue weighted by atomic mass is 9.77. The lowest BCUT2D eigenvalue weighted by Crippen LogP contribution is -2.33. The molecular formula is C20H22N2O3. The maximum absolute atomic E-state index is 12.4. The van der Waals surface area contributed by atoms with Gasteiger partial charge in [-0.1, -0.05) is 51.1 Å². The van der Waals surface area contributed by atoms with Crippen molar-refractivity contribution in [3.8, 4) is 0 Å². The highest BCUT2D eigenvalue weighted by molar-refractivity contribution is 5.95. The molecule has 0 heterocycles. The fraction of sp³-hybridized carbons (Fsp3) is 0.350. The Morgan fingerprint density at radius 1 is 1.24 bits per heavy atom. The van der Waals surface area contributed by atoms with Gasteiger partial charge in [-0.15, -0.1) is 0 Å². The number of hydrogen-bond donors (Lipinski definition) is 1. The van der Waals surface area contributed by atoms with Gasteiger partial charge in [-0.2, -0.15) is 0 Å². The maximum atomic E-state index is 12.4. The van der Waals surface area contributed by atoms with Gasteiger partial charge >= 0.3 is 0 Å². The molecule has 2 aromatic rings. The minimum atomic E-state index is -0.417. The molecule has 1 N–H and O–H groups in total. The van der Waals surface area contributed by atoms with Crippen LogP contribution in [0.2, 0.25) is 0 Å². The van der Waals surface area contributed by atoms with Crippen molar-refractivity contribution < 1.29 is 9.72 Å². The van der Waals surface area contributed by atoms with Crippen molar-refractivity contribution in [3.05, 3.63) is 74.8 Å². The summed E-state index contributed by atoms with van der Waals surface area (Å²) in [6.45, 7) is 6.31. The molecule has 1 atom stereocenters. The lowest BCUT2D eigenvalue weighted by molar-refractivity contribution is -0.386. The van der Waals surface area contributed by atoms with Crippen LogP contribution in [0.25, 0.3) is 0 Å². The molecule has 0 aliphatic heterocycles. The summed E-state index contributed by atoms with van der Waals surface area (Å²) >= 11 is 0. The topological polar surface area (TPSA) is 72.2 Å². The second kappa shape index (κ2) is 6.31. The Labute approximate surface area is 147 Å². The first-order valence-corrected chi connectivity index (χ1v) is 8.42. The first kappa shape index (κ1) is 17.1. The van der Waals surface area contributed by atoms with E-state index in [1.54, 1.807) is 12.1 Å². The van der Waals surface area contributed by atoms with Crippen LogP contribution in [0.15, 0.2) is 42.5 Å². The fourth-order valence-corrected chi connectivity index (χ4v) is 3.32. The van der Waals surface area contributed by atoms with Crippen molar-refractivity contribution in [2.75, 3.05) is 6.54 Å². The SMILES string of the molecule is CC(C)(C)c1ccc(C(=O)NC[C@H]2Cc3ccccc32)cc1[N+](=O)[O-]. The van der Waals surface area contributed by atoms with E-state index in [1.807, 2.05) is 32.9 Å². The zero-order valence-corrected chi connectivity index (χ0v) is 14.7. The number of nitro groups is 1. The van der Waals surface area contributed by atoms with Gasteiger partial charge in [0, 0.05) is 29.7 Å². The van der Waals surface area contributed by atoms with Gasteiger partial charge < -0.3 is 5.32 Å². The molecule has 3 rings (SSSR count). The number of nitro benzene ring substituents is 1. The predicted octanol–water partition coefficient (Wildman–Crippen LogP) is 3.96. The van der Waals surface area contributed by atoms with Gasteiger partial charge in [0.25, 0.3) is 11.6 Å². The molecule has 0 spiro atoms. The smallest absolute Gasteiger partial charge is 0.273 e. The summed E-state index contributed by atoms with van der Waals surface area (Å²) in [7, 11) is 0. The molecule has 5 heteroatoms. The number of carbonyl (C=O) groups is 1. The molecule has 0 aromatic heterocycles. The Morgan fingerprint density at radius 3 is 2.60 bits per heavy atom. The van der Waals surface area contributed by atoms with Crippen molar-refractivity contribution in [2.24, 2.45) is 0 Å². The van der Waals surface area contributed by atoms with E-state index in [0.29, 0.717) is 23.6 Å². The third-order valence-corrected chi connectivity index (χ3v) is 4.73. The molecular weight excluding hydrogens is 316 g/mol. The van der Waals surface area contributed by atoms with Gasteiger partial charge in [0.15, 0.2) is 0 Å². The third-order valence-electron chi connectivity index (χ3n) is 4.73. The number of benzene rings is 2. The summed E-state index contributed by atoms with van der Waals surface area (Å²) in [5.41, 5.74) is 3.19. The molecule has 0 saturated carbocycles. The van der Waals surface area contributed by atoms with Crippen molar-refractivity contribution >= 4 is 11.6 Å². The quantitative estimate of drug-likeness (QED) is 0.677. The molecule has 0 unspecified atom stereocenters. The number of rotatable bonds is 4. The standard InChI is InChI=1S/C20H22N2O3/c1-20(2,3)17-9-8-14(11-18(17)22(24)25)19(23)21-12-15-10-13-6-4-5-7-16(13)15/h4-9,11,15H,10,12H2,1-3H3,(H,21,23)/t15-/m1/s1. The van der Waals surface area contributed by atoms with Crippen LogP contribution in [0.3, 0.4) is 0 Å². The van der Waals surface area contributed by atoms with Crippen molar-refractivity contribution in [3.63, 3.8) is 0 Å². The highest BCUT2D eigenvalue weighted by Crippen LogP contribution is 2.34. The summed E-state index contributed by atoms with van der Waals surface area (Å²) in [5, 5.41) is 14.3. The van der Waals surface area contributed by atoms with Gasteiger partial charge in [0.05, 0.1) is 4.92 Å². The summed E-state index contributed by atoms with van der Waals surface area (Å²) in [6.07, 6.45) is 0.958. The number of carbonyl (C=O) groups excluding carboxylic acids is 1. The number of hydrogen-bond acceptors (Lipinski definition) is 3. The van der Waals surface area contributed by atoms with Crippen LogP contribution in [-0.2, 0) is 11.8 Å². The van der Waals surface area contributed by atoms with Crippen molar-refractivity contribution in [2.45, 2.75) is 38.5 Å². The molecule has 1 aliphatic rings. The minimum Gasteiger partial charge on any atom is -0.351 e. The largest absolute Gasteiger partial charge is 0.351 e. The summed E-state index contributed by atoms with van der Waals surface area (Å²) in [4.78, 5) is 23.4. The fourth-order valence-electron chi connectivity index (χ4n) is 3.32. The lowest BCUT2D eigenvalue weighted by Gasteiger charge is -2.30. The zero-order valence-electron chi connectivity index (χ0n) is 14.7. The van der Waals surface area contributed by atoms with Gasteiger partial charge in [-0.3, -0.25) is 14.9 Å². The van der Waals surface area contributed by atoms with E-state index in [4.69, 9.17) is 0 Å². The second-order valence-electron chi connectivity index (χ2n) is 7.55. The second-order valence-corrected chi connectivity index (χ2v) is 7.55. The summed E-state index contributed by atoms with van der Waals surface area (Å²) in [6, 6.07) is 12.9. The van der Waals surface area contributed by atoms with Crippen LogP contribution in [0.1, 0.15) is 53.7 Å². The van der Waals surface area contributed by atoms with E-state index in [2.05, 4.69) is 17.4 Å². The highest BCUT2D eigenvalue weighted by Gasteiger charge is 2.28. The summed E-state index contributed by atoms with van der Waals surface area (Å²) < 4.78 is 0. The molecule has 0 radical (unpaired) electrons. The average Bonchev–Trinajstić information content (AvgIpc) is 2.54. The Kier molecular flexibility index (Phi) is 4.33. The number of amides is 1. The van der Waals surface area contributed by atoms with Crippen LogP contribution in [-0.4, -0.2) is 17.4 Å². The molecule has 25 heavy (non-hydrogen) atoms. The zero-order chi connectivity index (χ0) is 18.2. The highest BCUT2D eigenvalue weighted by atomic mass is 16.6. The van der Waals surface area contributed by atoms with Crippen LogP contribution in [0.5, 0.6) is 0 Å². The number of fused-ring (bicyclic) bond motifs is 1. The first-order chi connectivity index (χ1) is 11.8. The van der Waals surface area contributed by atoms with Crippen molar-refractivity contribution in [1.29, 1.82) is 0 Å². The first-order valence-electron chi connectivity index (χ1n) is 8.42. The Hall–Kier alpha value is -2.69. The van der Waals surface area contributed by atoms with Gasteiger partial charge in [-0.25, -0.2) is 0 Å². The number of nitrogens with one attached hydrogen (secondary N) is 1. The number of nitrogens with zero attached hydrogens (tertiary/aromatic N) is 1. The van der Waals surface area contributed by atoms with E-state index >= 15 is 0 Å². The van der Waals surface area contributed by atoms with E-state index in [1.165, 1.54) is 17.2 Å². The minimum absolute atomic E-state index is 0.00543. The van der Waals surface area contributed by atoms with E-state index < -0.39 is 4.92 Å². The van der Waals surface area contributed by atoms with Gasteiger partial charge in [0.1, 0.15) is 0 Å². The normalized spacial score (nSPS) is 15.9. The molecule has 1 amide bonds. The molecule has 0 saturated heterocycles. The van der Waals surface area contributed by atoms with E-state index in [-0.39, 0.29) is 17.0 Å². The average molecular weight is 338 g/mol. The van der Waals surface area contributed by atoms with Crippen molar-refractivity contribution in [1.82, 2.24) is 5.32 Å². The van der Waals surface area contributed by atoms with E-state index in [9.17, 15) is 14.9 Å². The molecule has 2 aromatic carbocycles. The summed E-state index contributed by atoms with van der Waals surface area (Å²) in [5.74, 6) is 0.0527. The molecule has 1 aliphatic carbocycles. The van der Waals surface area contributed by atoms with Crippen LogP contribution < -0.4 is 5.32 Å². The van der Waals surface area contributed by atoms with Crippen LogP contribution in [0.4, 0.5) is 5.69 Å². The molecule has 5 nitrogen and oxygen atoms in total. The predicted molar refractivity (Wildman–Crippen MR) is 97.0 cm³/mol. The molecule has 130 valence electrons. The third kappa shape index (κ3) is 3.40. The van der Waals surface area contributed by atoms with E-state index in [0.717, 1.165) is 6.42 Å². The maximum Gasteiger partial charge on any atom is 0.273 e. The van der Waals surface area contributed by atoms with Crippen LogP contribution >= 0.6 is 0 Å². The monoisotopic (exact) mass is 338 g/mol. The Bertz CT molecular complexity index is 837. The Morgan fingerprint density at radius 2 is 1.96 bits per heavy atom.